The molecule has 29 heavy (non-hydrogen) atoms. The Hall–Kier alpha value is -3.55. The summed E-state index contributed by atoms with van der Waals surface area (Å²) < 4.78 is 31.6. The number of nitrogens with zero attached hydrogens (tertiary/aromatic N) is 2. The second kappa shape index (κ2) is 9.09. The van der Waals surface area contributed by atoms with Crippen molar-refractivity contribution in [3.63, 3.8) is 0 Å². The molecule has 0 aliphatic heterocycles. The predicted molar refractivity (Wildman–Crippen MR) is 105 cm³/mol. The summed E-state index contributed by atoms with van der Waals surface area (Å²) in [6.07, 6.45) is 0.653. The number of hydrogen-bond donors (Lipinski definition) is 2. The number of aryl methyl sites for hydroxylation is 1. The van der Waals surface area contributed by atoms with E-state index in [9.17, 15) is 13.6 Å². The zero-order chi connectivity index (χ0) is 20.8. The van der Waals surface area contributed by atoms with Gasteiger partial charge >= 0.3 is 0 Å². The lowest BCUT2D eigenvalue weighted by Gasteiger charge is -2.10. The third kappa shape index (κ3) is 5.47. The van der Waals surface area contributed by atoms with Gasteiger partial charge in [0.2, 0.25) is 0 Å². The van der Waals surface area contributed by atoms with Crippen molar-refractivity contribution >= 4 is 17.4 Å². The van der Waals surface area contributed by atoms with Crippen molar-refractivity contribution in [2.24, 2.45) is 0 Å². The maximum Gasteiger partial charge on any atom is 0.270 e. The van der Waals surface area contributed by atoms with Gasteiger partial charge in [-0.05, 0) is 43.2 Å². The number of amides is 1. The average Bonchev–Trinajstić information content (AvgIpc) is 2.71. The van der Waals surface area contributed by atoms with Gasteiger partial charge in [-0.3, -0.25) is 4.79 Å². The van der Waals surface area contributed by atoms with E-state index < -0.39 is 11.6 Å². The second-order valence-corrected chi connectivity index (χ2v) is 6.29. The SMILES string of the molecule is COc1ccc(CCNC(=O)c2cc(Nc3ccc(F)c(F)c3)nc(C)n2)cc1. The number of rotatable bonds is 7. The fourth-order valence-electron chi connectivity index (χ4n) is 2.67. The van der Waals surface area contributed by atoms with E-state index in [1.165, 1.54) is 12.1 Å². The number of benzene rings is 2. The third-order valence-corrected chi connectivity index (χ3v) is 4.12. The molecule has 8 heteroatoms. The standard InChI is InChI=1S/C21H20F2N4O2/c1-13-25-19(12-20(26-13)27-15-5-8-17(22)18(23)11-15)21(28)24-10-9-14-3-6-16(29-2)7-4-14/h3-8,11-12H,9-10H2,1-2H3,(H,24,28)(H,25,26,27). The summed E-state index contributed by atoms with van der Waals surface area (Å²) in [4.78, 5) is 20.8. The van der Waals surface area contributed by atoms with E-state index in [1.807, 2.05) is 24.3 Å². The molecular formula is C21H20F2N4O2. The molecule has 2 N–H and O–H groups in total. The summed E-state index contributed by atoms with van der Waals surface area (Å²) in [6.45, 7) is 2.07. The maximum absolute atomic E-state index is 13.4. The van der Waals surface area contributed by atoms with Crippen LogP contribution in [0.3, 0.4) is 0 Å². The Labute approximate surface area is 167 Å². The zero-order valence-corrected chi connectivity index (χ0v) is 16.0. The second-order valence-electron chi connectivity index (χ2n) is 6.29. The zero-order valence-electron chi connectivity index (χ0n) is 16.0. The molecule has 0 unspecified atom stereocenters. The Balaban J connectivity index is 1.63. The lowest BCUT2D eigenvalue weighted by atomic mass is 10.1. The van der Waals surface area contributed by atoms with Gasteiger partial charge in [-0.15, -0.1) is 0 Å². The number of ether oxygens (including phenoxy) is 1. The minimum Gasteiger partial charge on any atom is -0.497 e. The molecule has 0 atom stereocenters. The Kier molecular flexibility index (Phi) is 6.33. The van der Waals surface area contributed by atoms with E-state index in [1.54, 1.807) is 14.0 Å². The van der Waals surface area contributed by atoms with E-state index >= 15 is 0 Å². The fraction of sp³-hybridized carbons (Fsp3) is 0.190. The normalized spacial score (nSPS) is 10.5. The largest absolute Gasteiger partial charge is 0.497 e. The van der Waals surface area contributed by atoms with Crippen LogP contribution in [0, 0.1) is 18.6 Å². The Bertz CT molecular complexity index is 1010. The van der Waals surface area contributed by atoms with E-state index in [2.05, 4.69) is 20.6 Å². The van der Waals surface area contributed by atoms with Crippen LogP contribution in [-0.2, 0) is 6.42 Å². The van der Waals surface area contributed by atoms with Crippen LogP contribution in [-0.4, -0.2) is 29.5 Å². The van der Waals surface area contributed by atoms with Crippen LogP contribution in [0.4, 0.5) is 20.3 Å². The summed E-state index contributed by atoms with van der Waals surface area (Å²) in [7, 11) is 1.61. The lowest BCUT2D eigenvalue weighted by molar-refractivity contribution is 0.0949. The monoisotopic (exact) mass is 398 g/mol. The van der Waals surface area contributed by atoms with Crippen LogP contribution in [0.1, 0.15) is 21.9 Å². The number of anilines is 2. The first-order valence-electron chi connectivity index (χ1n) is 8.93. The number of hydrogen-bond acceptors (Lipinski definition) is 5. The Morgan fingerprint density at radius 2 is 1.79 bits per heavy atom. The first-order valence-corrected chi connectivity index (χ1v) is 8.93. The Morgan fingerprint density at radius 3 is 2.48 bits per heavy atom. The summed E-state index contributed by atoms with van der Waals surface area (Å²) in [5.41, 5.74) is 1.55. The molecule has 0 aliphatic carbocycles. The molecule has 0 spiro atoms. The van der Waals surface area contributed by atoms with Crippen molar-refractivity contribution in [1.29, 1.82) is 0 Å². The Morgan fingerprint density at radius 1 is 1.03 bits per heavy atom. The van der Waals surface area contributed by atoms with Crippen molar-refractivity contribution in [2.75, 3.05) is 19.0 Å². The topological polar surface area (TPSA) is 76.1 Å². The lowest BCUT2D eigenvalue weighted by Crippen LogP contribution is -2.27. The number of methoxy groups -OCH3 is 1. The third-order valence-electron chi connectivity index (χ3n) is 4.12. The highest BCUT2D eigenvalue weighted by molar-refractivity contribution is 5.93. The molecular weight excluding hydrogens is 378 g/mol. The number of aromatic nitrogens is 2. The van der Waals surface area contributed by atoms with Gasteiger partial charge in [-0.2, -0.15) is 0 Å². The fourth-order valence-corrected chi connectivity index (χ4v) is 2.67. The molecule has 0 saturated carbocycles. The smallest absolute Gasteiger partial charge is 0.270 e. The van der Waals surface area contributed by atoms with Gasteiger partial charge in [0.25, 0.3) is 5.91 Å². The summed E-state index contributed by atoms with van der Waals surface area (Å²) in [6, 6.07) is 12.5. The molecule has 0 radical (unpaired) electrons. The van der Waals surface area contributed by atoms with Gasteiger partial charge in [0, 0.05) is 24.4 Å². The highest BCUT2D eigenvalue weighted by Crippen LogP contribution is 2.18. The highest BCUT2D eigenvalue weighted by Gasteiger charge is 2.11. The van der Waals surface area contributed by atoms with E-state index in [4.69, 9.17) is 4.74 Å². The van der Waals surface area contributed by atoms with Crippen molar-refractivity contribution in [1.82, 2.24) is 15.3 Å². The first-order chi connectivity index (χ1) is 13.9. The van der Waals surface area contributed by atoms with Crippen LogP contribution in [0.25, 0.3) is 0 Å². The van der Waals surface area contributed by atoms with Crippen molar-refractivity contribution in [2.45, 2.75) is 13.3 Å². The number of halogens is 2. The summed E-state index contributed by atoms with van der Waals surface area (Å²) >= 11 is 0. The number of carbonyl (C=O) groups is 1. The van der Waals surface area contributed by atoms with Crippen molar-refractivity contribution in [3.8, 4) is 5.75 Å². The van der Waals surface area contributed by atoms with Gasteiger partial charge < -0.3 is 15.4 Å². The molecule has 150 valence electrons. The molecule has 3 rings (SSSR count). The number of carbonyl (C=O) groups excluding carboxylic acids is 1. The quantitative estimate of drug-likeness (QED) is 0.633. The first kappa shape index (κ1) is 20.2. The minimum absolute atomic E-state index is 0.178. The van der Waals surface area contributed by atoms with Crippen molar-refractivity contribution < 1.29 is 18.3 Å². The van der Waals surface area contributed by atoms with Crippen LogP contribution < -0.4 is 15.4 Å². The van der Waals surface area contributed by atoms with Gasteiger partial charge in [0.15, 0.2) is 11.6 Å². The van der Waals surface area contributed by atoms with Crippen LogP contribution >= 0.6 is 0 Å². The van der Waals surface area contributed by atoms with Crippen LogP contribution in [0.2, 0.25) is 0 Å². The van der Waals surface area contributed by atoms with Gasteiger partial charge in [0.05, 0.1) is 7.11 Å². The maximum atomic E-state index is 13.4. The van der Waals surface area contributed by atoms with Gasteiger partial charge in [-0.1, -0.05) is 12.1 Å². The van der Waals surface area contributed by atoms with E-state index in [-0.39, 0.29) is 11.6 Å². The summed E-state index contributed by atoms with van der Waals surface area (Å²) in [5.74, 6) is -0.807. The molecule has 0 saturated heterocycles. The highest BCUT2D eigenvalue weighted by atomic mass is 19.2. The molecule has 0 fully saturated rings. The molecule has 3 aromatic rings. The number of nitrogens with one attached hydrogen (secondary N) is 2. The summed E-state index contributed by atoms with van der Waals surface area (Å²) in [5, 5.41) is 5.66. The van der Waals surface area contributed by atoms with E-state index in [0.717, 1.165) is 23.4 Å². The molecule has 0 aliphatic rings. The molecule has 0 bridgehead atoms. The molecule has 1 heterocycles. The molecule has 1 aromatic heterocycles. The van der Waals surface area contributed by atoms with Gasteiger partial charge in [0.1, 0.15) is 23.1 Å². The molecule has 2 aromatic carbocycles. The van der Waals surface area contributed by atoms with Crippen LogP contribution in [0.15, 0.2) is 48.5 Å². The van der Waals surface area contributed by atoms with Crippen molar-refractivity contribution in [3.05, 3.63) is 77.2 Å². The van der Waals surface area contributed by atoms with E-state index in [0.29, 0.717) is 30.3 Å². The average molecular weight is 398 g/mol. The van der Waals surface area contributed by atoms with Gasteiger partial charge in [-0.25, -0.2) is 18.7 Å². The van der Waals surface area contributed by atoms with Crippen LogP contribution in [0.5, 0.6) is 5.75 Å². The molecule has 1 amide bonds. The minimum atomic E-state index is -0.975. The predicted octanol–water partition coefficient (Wildman–Crippen LogP) is 3.79. The molecule has 6 nitrogen and oxygen atoms in total.